The molecule has 0 radical (unpaired) electrons. The standard InChI is InChI=1S/C11H9N.C8H8.C4H6/c12-10-6-2-5-9-11-7-3-1-4-8-11;1-2-8-6-4-3-5-7-8;1-3-4-2/h1-9H;2-7H,1H2;3-4H,1-2H2. The lowest BCUT2D eigenvalue weighted by atomic mass is 10.2. The predicted octanol–water partition coefficient (Wildman–Crippen LogP) is 6.47. The van der Waals surface area contributed by atoms with E-state index in [0.29, 0.717) is 0 Å². The SMILES string of the molecule is C=CC=C.C=Cc1ccccc1.N#CC=CC=Cc1ccccc1. The molecule has 0 saturated heterocycles. The van der Waals surface area contributed by atoms with Gasteiger partial charge in [-0.15, -0.1) is 0 Å². The van der Waals surface area contributed by atoms with Crippen molar-refractivity contribution in [1.82, 2.24) is 0 Å². The quantitative estimate of drug-likeness (QED) is 0.469. The molecule has 0 N–H and O–H groups in total. The topological polar surface area (TPSA) is 23.8 Å². The molecule has 120 valence electrons. The van der Waals surface area contributed by atoms with Crippen LogP contribution in [-0.2, 0) is 0 Å². The summed E-state index contributed by atoms with van der Waals surface area (Å²) in [6.45, 7) is 10.4. The zero-order chi connectivity index (χ0) is 17.9. The first-order valence-electron chi connectivity index (χ1n) is 7.47. The second kappa shape index (κ2) is 16.0. The minimum Gasteiger partial charge on any atom is -0.193 e. The highest BCUT2D eigenvalue weighted by molar-refractivity contribution is 5.50. The van der Waals surface area contributed by atoms with Crippen LogP contribution in [0.25, 0.3) is 12.2 Å². The van der Waals surface area contributed by atoms with Gasteiger partial charge in [-0.05, 0) is 11.1 Å². The van der Waals surface area contributed by atoms with Crippen LogP contribution in [0, 0.1) is 11.3 Å². The molecule has 0 heterocycles. The van der Waals surface area contributed by atoms with E-state index in [1.807, 2.05) is 85.0 Å². The fourth-order valence-corrected chi connectivity index (χ4v) is 1.42. The number of nitrogens with zero attached hydrogens (tertiary/aromatic N) is 1. The van der Waals surface area contributed by atoms with Gasteiger partial charge in [0.05, 0.1) is 6.07 Å². The fourth-order valence-electron chi connectivity index (χ4n) is 1.42. The van der Waals surface area contributed by atoms with Gasteiger partial charge in [0.25, 0.3) is 0 Å². The van der Waals surface area contributed by atoms with Gasteiger partial charge in [0, 0.05) is 6.08 Å². The maximum Gasteiger partial charge on any atom is 0.0912 e. The highest BCUT2D eigenvalue weighted by Crippen LogP contribution is 2.00. The molecular weight excluding hydrogens is 290 g/mol. The van der Waals surface area contributed by atoms with Gasteiger partial charge in [0.2, 0.25) is 0 Å². The van der Waals surface area contributed by atoms with E-state index >= 15 is 0 Å². The number of allylic oxidation sites excluding steroid dienone is 5. The molecule has 0 amide bonds. The molecule has 2 aromatic rings. The van der Waals surface area contributed by atoms with Crippen LogP contribution in [0.3, 0.4) is 0 Å². The first kappa shape index (κ1) is 20.6. The van der Waals surface area contributed by atoms with Crippen molar-refractivity contribution in [1.29, 1.82) is 5.26 Å². The van der Waals surface area contributed by atoms with E-state index in [0.717, 1.165) is 5.56 Å². The summed E-state index contributed by atoms with van der Waals surface area (Å²) in [6.07, 6.45) is 12.1. The van der Waals surface area contributed by atoms with Crippen LogP contribution >= 0.6 is 0 Å². The second-order valence-corrected chi connectivity index (χ2v) is 4.34. The molecule has 0 atom stereocenters. The maximum atomic E-state index is 8.19. The molecule has 0 bridgehead atoms. The van der Waals surface area contributed by atoms with Gasteiger partial charge >= 0.3 is 0 Å². The van der Waals surface area contributed by atoms with Gasteiger partial charge in [-0.3, -0.25) is 0 Å². The van der Waals surface area contributed by atoms with Crippen molar-refractivity contribution in [2.24, 2.45) is 0 Å². The van der Waals surface area contributed by atoms with Crippen molar-refractivity contribution < 1.29 is 0 Å². The van der Waals surface area contributed by atoms with E-state index < -0.39 is 0 Å². The molecule has 2 rings (SSSR count). The Hall–Kier alpha value is -3.37. The molecule has 2 aromatic carbocycles. The highest BCUT2D eigenvalue weighted by Gasteiger charge is 1.79. The summed E-state index contributed by atoms with van der Waals surface area (Å²) >= 11 is 0. The molecule has 0 aliphatic rings. The van der Waals surface area contributed by atoms with Gasteiger partial charge in [0.15, 0.2) is 0 Å². The Morgan fingerprint density at radius 1 is 0.708 bits per heavy atom. The lowest BCUT2D eigenvalue weighted by molar-refractivity contribution is 1.53. The molecule has 0 aromatic heterocycles. The van der Waals surface area contributed by atoms with Crippen molar-refractivity contribution in [2.75, 3.05) is 0 Å². The van der Waals surface area contributed by atoms with Crippen molar-refractivity contribution in [2.45, 2.75) is 0 Å². The van der Waals surface area contributed by atoms with Crippen molar-refractivity contribution >= 4 is 12.2 Å². The smallest absolute Gasteiger partial charge is 0.0912 e. The van der Waals surface area contributed by atoms with Crippen molar-refractivity contribution in [3.63, 3.8) is 0 Å². The second-order valence-electron chi connectivity index (χ2n) is 4.34. The molecule has 0 fully saturated rings. The molecule has 0 unspecified atom stereocenters. The zero-order valence-corrected chi connectivity index (χ0v) is 13.9. The van der Waals surface area contributed by atoms with E-state index in [1.54, 1.807) is 18.2 Å². The van der Waals surface area contributed by atoms with E-state index in [1.165, 1.54) is 11.6 Å². The number of hydrogen-bond acceptors (Lipinski definition) is 1. The summed E-state index contributed by atoms with van der Waals surface area (Å²) < 4.78 is 0. The van der Waals surface area contributed by atoms with Crippen molar-refractivity contribution in [3.05, 3.63) is 122 Å². The van der Waals surface area contributed by atoms with E-state index in [9.17, 15) is 0 Å². The molecule has 1 nitrogen and oxygen atoms in total. The van der Waals surface area contributed by atoms with Gasteiger partial charge in [0.1, 0.15) is 0 Å². The average molecular weight is 313 g/mol. The monoisotopic (exact) mass is 313 g/mol. The van der Waals surface area contributed by atoms with Crippen LogP contribution in [0.1, 0.15) is 11.1 Å². The number of benzene rings is 2. The Bertz CT molecular complexity index is 665. The molecule has 24 heavy (non-hydrogen) atoms. The molecule has 0 saturated carbocycles. The Morgan fingerprint density at radius 3 is 1.58 bits per heavy atom. The molecular formula is C23H23N. The first-order chi connectivity index (χ1) is 11.8. The highest BCUT2D eigenvalue weighted by atomic mass is 14.2. The Kier molecular flexibility index (Phi) is 13.8. The fraction of sp³-hybridized carbons (Fsp3) is 0. The minimum atomic E-state index is 1.14. The summed E-state index contributed by atoms with van der Waals surface area (Å²) in [5.41, 5.74) is 2.31. The lowest BCUT2D eigenvalue weighted by Gasteiger charge is -1.87. The largest absolute Gasteiger partial charge is 0.193 e. The maximum absolute atomic E-state index is 8.19. The normalized spacial score (nSPS) is 8.96. The van der Waals surface area contributed by atoms with Crippen LogP contribution in [0.5, 0.6) is 0 Å². The molecule has 1 heteroatoms. The lowest BCUT2D eigenvalue weighted by Crippen LogP contribution is -1.66. The molecule has 0 aliphatic carbocycles. The predicted molar refractivity (Wildman–Crippen MR) is 107 cm³/mol. The van der Waals surface area contributed by atoms with Crippen LogP contribution in [-0.4, -0.2) is 0 Å². The Labute approximate surface area is 145 Å². The van der Waals surface area contributed by atoms with Crippen LogP contribution in [0.15, 0.2) is 111 Å². The summed E-state index contributed by atoms with van der Waals surface area (Å²) in [5, 5.41) is 8.19. The van der Waals surface area contributed by atoms with Gasteiger partial charge in [-0.25, -0.2) is 0 Å². The molecule has 0 aliphatic heterocycles. The summed E-state index contributed by atoms with van der Waals surface area (Å²) in [4.78, 5) is 0. The van der Waals surface area contributed by atoms with Crippen LogP contribution < -0.4 is 0 Å². The van der Waals surface area contributed by atoms with Crippen molar-refractivity contribution in [3.8, 4) is 6.07 Å². The average Bonchev–Trinajstić information content (AvgIpc) is 2.67. The third-order valence-electron chi connectivity index (χ3n) is 2.57. The van der Waals surface area contributed by atoms with E-state index in [2.05, 4.69) is 19.7 Å². The zero-order valence-electron chi connectivity index (χ0n) is 13.9. The third kappa shape index (κ3) is 12.4. The summed E-state index contributed by atoms with van der Waals surface area (Å²) in [7, 11) is 0. The number of rotatable bonds is 4. The van der Waals surface area contributed by atoms with Gasteiger partial charge < -0.3 is 0 Å². The molecule has 0 spiro atoms. The van der Waals surface area contributed by atoms with Gasteiger partial charge in [-0.1, -0.05) is 117 Å². The Balaban J connectivity index is 0.000000379. The number of nitriles is 1. The number of hydrogen-bond donors (Lipinski definition) is 0. The Morgan fingerprint density at radius 2 is 1.21 bits per heavy atom. The minimum absolute atomic E-state index is 1.14. The van der Waals surface area contributed by atoms with E-state index in [4.69, 9.17) is 5.26 Å². The van der Waals surface area contributed by atoms with Crippen LogP contribution in [0.4, 0.5) is 0 Å². The van der Waals surface area contributed by atoms with Gasteiger partial charge in [-0.2, -0.15) is 5.26 Å². The first-order valence-corrected chi connectivity index (χ1v) is 7.47. The van der Waals surface area contributed by atoms with Crippen LogP contribution in [0.2, 0.25) is 0 Å². The summed E-state index contributed by atoms with van der Waals surface area (Å²) in [6, 6.07) is 21.9. The van der Waals surface area contributed by atoms with E-state index in [-0.39, 0.29) is 0 Å². The third-order valence-corrected chi connectivity index (χ3v) is 2.57. The summed E-state index contributed by atoms with van der Waals surface area (Å²) in [5.74, 6) is 0.